The second kappa shape index (κ2) is 6.67. The normalized spacial score (nSPS) is 15.7. The molecule has 26 heavy (non-hydrogen) atoms. The second-order valence-electron chi connectivity index (χ2n) is 6.30. The number of aromatic nitrogens is 1. The lowest BCUT2D eigenvalue weighted by atomic mass is 10.0. The van der Waals surface area contributed by atoms with Crippen LogP contribution in [0, 0.1) is 6.92 Å². The number of nitrogens with one attached hydrogen (secondary N) is 3. The molecule has 1 aromatic heterocycles. The summed E-state index contributed by atoms with van der Waals surface area (Å²) in [6, 6.07) is 5.04. The smallest absolute Gasteiger partial charge is 0.272 e. The average molecular weight is 355 g/mol. The number of amides is 2. The van der Waals surface area contributed by atoms with E-state index < -0.39 is 6.10 Å². The highest BCUT2D eigenvalue weighted by molar-refractivity contribution is 6.08. The molecule has 7 heteroatoms. The van der Waals surface area contributed by atoms with Crippen molar-refractivity contribution in [1.82, 2.24) is 4.98 Å². The molecule has 1 aliphatic rings. The Bertz CT molecular complexity index is 914. The molecule has 2 aromatic rings. The van der Waals surface area contributed by atoms with E-state index in [4.69, 9.17) is 4.74 Å². The van der Waals surface area contributed by atoms with Crippen LogP contribution in [-0.4, -0.2) is 28.7 Å². The van der Waals surface area contributed by atoms with Crippen molar-refractivity contribution in [3.05, 3.63) is 40.7 Å². The number of Topliss-reactive ketones (excluding diaryl/α,β-unsaturated/α-hetero) is 1. The number of ketones is 1. The molecule has 0 aliphatic carbocycles. The Balaban J connectivity index is 1.88. The van der Waals surface area contributed by atoms with Gasteiger partial charge in [-0.25, -0.2) is 0 Å². The van der Waals surface area contributed by atoms with Gasteiger partial charge in [0.1, 0.15) is 11.4 Å². The molecule has 0 radical (unpaired) electrons. The van der Waals surface area contributed by atoms with E-state index in [1.54, 1.807) is 32.0 Å². The Morgan fingerprint density at radius 1 is 1.31 bits per heavy atom. The predicted molar refractivity (Wildman–Crippen MR) is 98.0 cm³/mol. The summed E-state index contributed by atoms with van der Waals surface area (Å²) in [4.78, 5) is 39.3. The van der Waals surface area contributed by atoms with Gasteiger partial charge >= 0.3 is 0 Å². The fourth-order valence-corrected chi connectivity index (χ4v) is 3.18. The molecule has 0 bridgehead atoms. The zero-order chi connectivity index (χ0) is 19.0. The van der Waals surface area contributed by atoms with Crippen molar-refractivity contribution < 1.29 is 19.1 Å². The molecule has 0 spiro atoms. The first kappa shape index (κ1) is 17.7. The van der Waals surface area contributed by atoms with Gasteiger partial charge in [0, 0.05) is 16.9 Å². The molecule has 2 amide bonds. The Morgan fingerprint density at radius 3 is 2.69 bits per heavy atom. The number of carbonyl (C=O) groups excluding carboxylic acids is 3. The summed E-state index contributed by atoms with van der Waals surface area (Å²) in [5.41, 5.74) is 3.36. The van der Waals surface area contributed by atoms with E-state index in [1.165, 1.54) is 6.92 Å². The molecule has 0 fully saturated rings. The molecular weight excluding hydrogens is 334 g/mol. The van der Waals surface area contributed by atoms with Gasteiger partial charge in [0.05, 0.1) is 5.69 Å². The molecule has 1 unspecified atom stereocenters. The number of aryl methyl sites for hydroxylation is 1. The number of hydrogen-bond acceptors (Lipinski definition) is 4. The third kappa shape index (κ3) is 3.08. The van der Waals surface area contributed by atoms with Gasteiger partial charge < -0.3 is 20.4 Å². The van der Waals surface area contributed by atoms with Crippen molar-refractivity contribution in [2.75, 3.05) is 10.6 Å². The van der Waals surface area contributed by atoms with E-state index >= 15 is 0 Å². The summed E-state index contributed by atoms with van der Waals surface area (Å²) >= 11 is 0. The topological polar surface area (TPSA) is 100 Å². The summed E-state index contributed by atoms with van der Waals surface area (Å²) in [6.07, 6.45) is 0.00972. The van der Waals surface area contributed by atoms with E-state index in [0.29, 0.717) is 46.1 Å². The van der Waals surface area contributed by atoms with E-state index in [2.05, 4.69) is 15.6 Å². The SMILES string of the molecule is CCc1c(C(=O)Nc2ccc3c(c2)NC(=O)C(C)O3)[nH]c(C)c1C(C)=O. The number of ether oxygens (including phenoxy) is 1. The van der Waals surface area contributed by atoms with Crippen LogP contribution in [0.1, 0.15) is 52.9 Å². The highest BCUT2D eigenvalue weighted by Crippen LogP contribution is 2.32. The molecule has 0 saturated carbocycles. The van der Waals surface area contributed by atoms with Gasteiger partial charge in [-0.1, -0.05) is 6.92 Å². The van der Waals surface area contributed by atoms with Gasteiger partial charge in [-0.2, -0.15) is 0 Å². The summed E-state index contributed by atoms with van der Waals surface area (Å²) in [5.74, 6) is -0.0921. The first-order chi connectivity index (χ1) is 12.3. The van der Waals surface area contributed by atoms with Gasteiger partial charge in [0.2, 0.25) is 0 Å². The molecule has 3 N–H and O–H groups in total. The number of aromatic amines is 1. The minimum Gasteiger partial charge on any atom is -0.479 e. The fourth-order valence-electron chi connectivity index (χ4n) is 3.18. The number of fused-ring (bicyclic) bond motifs is 1. The molecule has 1 atom stereocenters. The van der Waals surface area contributed by atoms with Crippen molar-refractivity contribution in [3.63, 3.8) is 0 Å². The first-order valence-electron chi connectivity index (χ1n) is 8.47. The van der Waals surface area contributed by atoms with Gasteiger partial charge in [-0.15, -0.1) is 0 Å². The van der Waals surface area contributed by atoms with E-state index in [1.807, 2.05) is 6.92 Å². The number of benzene rings is 1. The average Bonchev–Trinajstić information content (AvgIpc) is 2.93. The number of anilines is 2. The first-order valence-corrected chi connectivity index (χ1v) is 8.47. The standard InChI is InChI=1S/C19H21N3O4/c1-5-13-16(10(3)23)9(2)20-17(13)19(25)21-12-6-7-15-14(8-12)22-18(24)11(4)26-15/h6-8,11,20H,5H2,1-4H3,(H,21,25)(H,22,24). The van der Waals surface area contributed by atoms with Gasteiger partial charge in [-0.05, 0) is 51.0 Å². The van der Waals surface area contributed by atoms with Crippen molar-refractivity contribution in [3.8, 4) is 5.75 Å². The highest BCUT2D eigenvalue weighted by Gasteiger charge is 2.25. The third-order valence-corrected chi connectivity index (χ3v) is 4.39. The number of carbonyl (C=O) groups is 3. The molecule has 1 aliphatic heterocycles. The van der Waals surface area contributed by atoms with E-state index in [0.717, 1.165) is 0 Å². The zero-order valence-corrected chi connectivity index (χ0v) is 15.1. The molecule has 136 valence electrons. The Hall–Kier alpha value is -3.09. The van der Waals surface area contributed by atoms with Crippen LogP contribution in [0.4, 0.5) is 11.4 Å². The lowest BCUT2D eigenvalue weighted by Gasteiger charge is -2.23. The van der Waals surface area contributed by atoms with Crippen LogP contribution in [0.15, 0.2) is 18.2 Å². The molecule has 1 aromatic carbocycles. The number of rotatable bonds is 4. The number of hydrogen-bond donors (Lipinski definition) is 3. The maximum Gasteiger partial charge on any atom is 0.272 e. The third-order valence-electron chi connectivity index (χ3n) is 4.39. The monoisotopic (exact) mass is 355 g/mol. The highest BCUT2D eigenvalue weighted by atomic mass is 16.5. The Labute approximate surface area is 151 Å². The fraction of sp³-hybridized carbons (Fsp3) is 0.316. The predicted octanol–water partition coefficient (Wildman–Crippen LogP) is 3.06. The quantitative estimate of drug-likeness (QED) is 0.734. The Morgan fingerprint density at radius 2 is 2.04 bits per heavy atom. The van der Waals surface area contributed by atoms with Gasteiger partial charge in [-0.3, -0.25) is 14.4 Å². The minimum absolute atomic E-state index is 0.0718. The van der Waals surface area contributed by atoms with E-state index in [9.17, 15) is 14.4 Å². The van der Waals surface area contributed by atoms with Crippen molar-refractivity contribution in [2.24, 2.45) is 0 Å². The van der Waals surface area contributed by atoms with Crippen LogP contribution >= 0.6 is 0 Å². The van der Waals surface area contributed by atoms with Gasteiger partial charge in [0.15, 0.2) is 11.9 Å². The van der Waals surface area contributed by atoms with Crippen molar-refractivity contribution >= 4 is 29.0 Å². The lowest BCUT2D eigenvalue weighted by molar-refractivity contribution is -0.122. The minimum atomic E-state index is -0.554. The van der Waals surface area contributed by atoms with Crippen molar-refractivity contribution in [1.29, 1.82) is 0 Å². The maximum absolute atomic E-state index is 12.7. The number of H-pyrrole nitrogens is 1. The van der Waals surface area contributed by atoms with Crippen LogP contribution in [0.25, 0.3) is 0 Å². The van der Waals surface area contributed by atoms with Gasteiger partial charge in [0.25, 0.3) is 11.8 Å². The molecule has 7 nitrogen and oxygen atoms in total. The lowest BCUT2D eigenvalue weighted by Crippen LogP contribution is -2.34. The van der Waals surface area contributed by atoms with E-state index in [-0.39, 0.29) is 17.6 Å². The molecule has 0 saturated heterocycles. The summed E-state index contributed by atoms with van der Waals surface area (Å²) in [5, 5.41) is 5.55. The van der Waals surface area contributed by atoms with Crippen LogP contribution in [0.5, 0.6) is 5.75 Å². The zero-order valence-electron chi connectivity index (χ0n) is 15.1. The van der Waals surface area contributed by atoms with Crippen LogP contribution in [0.2, 0.25) is 0 Å². The molecule has 2 heterocycles. The van der Waals surface area contributed by atoms with Crippen LogP contribution < -0.4 is 15.4 Å². The summed E-state index contributed by atoms with van der Waals surface area (Å²) in [6.45, 7) is 6.84. The molecule has 3 rings (SSSR count). The van der Waals surface area contributed by atoms with Crippen LogP contribution in [-0.2, 0) is 11.2 Å². The summed E-state index contributed by atoms with van der Waals surface area (Å²) < 4.78 is 5.50. The van der Waals surface area contributed by atoms with Crippen LogP contribution in [0.3, 0.4) is 0 Å². The summed E-state index contributed by atoms with van der Waals surface area (Å²) in [7, 11) is 0. The second-order valence-corrected chi connectivity index (χ2v) is 6.30. The van der Waals surface area contributed by atoms with Crippen molar-refractivity contribution in [2.45, 2.75) is 40.2 Å². The maximum atomic E-state index is 12.7. The largest absolute Gasteiger partial charge is 0.479 e. The molecular formula is C19H21N3O4. The Kier molecular flexibility index (Phi) is 4.54.